The first kappa shape index (κ1) is 57.2. The molecule has 0 aromatic rings. The van der Waals surface area contributed by atoms with Crippen LogP contribution in [0.1, 0.15) is 117 Å². The molecule has 0 aliphatic heterocycles. The first-order valence-electron chi connectivity index (χ1n) is 21.0. The highest BCUT2D eigenvalue weighted by molar-refractivity contribution is 7.47. The standard InChI is InChI=1S/C43H72O15P2/c1-3-5-7-9-11-13-15-17-18-20-22-24-26-28-30-32-43(48)54-34-40(45)36-56-60(51,52)58-38-41(46)37-57-59(49,50)55-35-39(44)33-53-42(47)31-29-27-25-23-21-19-16-14-12-10-8-6-4-2/h5-16,19,21,39-41,44-46H,3-4,17-18,20,22-38H2,1-2H3,(H,49,50)(H,51,52)/b7-5+,8-6+,11-9+,12-10+,15-13+,16-14-,21-19-. The maximum atomic E-state index is 12.1. The summed E-state index contributed by atoms with van der Waals surface area (Å²) in [5.74, 6) is -1.05. The molecule has 60 heavy (non-hydrogen) atoms. The predicted molar refractivity (Wildman–Crippen MR) is 233 cm³/mol. The Labute approximate surface area is 357 Å². The van der Waals surface area contributed by atoms with Gasteiger partial charge in [-0.2, -0.15) is 0 Å². The first-order valence-corrected chi connectivity index (χ1v) is 24.0. The van der Waals surface area contributed by atoms with Crippen molar-refractivity contribution in [1.29, 1.82) is 0 Å². The number of allylic oxidation sites excluding steroid dienone is 14. The molecule has 15 nitrogen and oxygen atoms in total. The van der Waals surface area contributed by atoms with Crippen molar-refractivity contribution >= 4 is 27.6 Å². The van der Waals surface area contributed by atoms with Gasteiger partial charge in [0.15, 0.2) is 0 Å². The Morgan fingerprint density at radius 1 is 0.433 bits per heavy atom. The van der Waals surface area contributed by atoms with Gasteiger partial charge in [0.25, 0.3) is 0 Å². The summed E-state index contributed by atoms with van der Waals surface area (Å²) < 4.78 is 52.8. The van der Waals surface area contributed by atoms with Crippen LogP contribution in [-0.2, 0) is 46.3 Å². The van der Waals surface area contributed by atoms with Gasteiger partial charge in [-0.05, 0) is 51.4 Å². The van der Waals surface area contributed by atoms with Crippen LogP contribution in [0.2, 0.25) is 0 Å². The van der Waals surface area contributed by atoms with E-state index < -0.39 is 85.5 Å². The van der Waals surface area contributed by atoms with Crippen molar-refractivity contribution in [2.24, 2.45) is 0 Å². The SMILES string of the molecule is CC/C=C/C=C/C=C\C=C/CCCCCC(=O)OCC(O)COP(=O)(O)OCC(O)COP(=O)(O)OCC(O)COC(=O)CCCCCCCCC/C=C/C=C/C=C/CC. The summed E-state index contributed by atoms with van der Waals surface area (Å²) in [6, 6.07) is 0. The van der Waals surface area contributed by atoms with E-state index in [0.717, 1.165) is 77.0 Å². The largest absolute Gasteiger partial charge is 0.472 e. The van der Waals surface area contributed by atoms with Crippen LogP contribution in [0.15, 0.2) is 85.1 Å². The molecule has 0 heterocycles. The Morgan fingerprint density at radius 2 is 0.717 bits per heavy atom. The number of unbranched alkanes of at least 4 members (excludes halogenated alkanes) is 10. The van der Waals surface area contributed by atoms with Gasteiger partial charge in [0.05, 0.1) is 26.4 Å². The number of carbonyl (C=O) groups excluding carboxylic acids is 2. The van der Waals surface area contributed by atoms with Crippen molar-refractivity contribution in [3.8, 4) is 0 Å². The molecule has 0 aliphatic rings. The normalized spacial score (nSPS) is 16.2. The van der Waals surface area contributed by atoms with Crippen LogP contribution in [0.5, 0.6) is 0 Å². The van der Waals surface area contributed by atoms with Crippen LogP contribution in [0.25, 0.3) is 0 Å². The van der Waals surface area contributed by atoms with E-state index in [1.54, 1.807) is 0 Å². The van der Waals surface area contributed by atoms with Crippen LogP contribution in [0.4, 0.5) is 0 Å². The fourth-order valence-corrected chi connectivity index (χ4v) is 6.34. The molecule has 0 rings (SSSR count). The first-order chi connectivity index (χ1) is 28.8. The Morgan fingerprint density at radius 3 is 1.08 bits per heavy atom. The molecule has 0 saturated carbocycles. The predicted octanol–water partition coefficient (Wildman–Crippen LogP) is 8.60. The van der Waals surface area contributed by atoms with Gasteiger partial charge in [-0.25, -0.2) is 9.13 Å². The highest BCUT2D eigenvalue weighted by Gasteiger charge is 2.28. The lowest BCUT2D eigenvalue weighted by Gasteiger charge is -2.19. The molecule has 0 saturated heterocycles. The summed E-state index contributed by atoms with van der Waals surface area (Å²) in [6.45, 7) is 0.0346. The number of hydrogen-bond donors (Lipinski definition) is 5. The molecule has 0 aromatic carbocycles. The molecule has 0 bridgehead atoms. The van der Waals surface area contributed by atoms with Gasteiger partial charge in [0.2, 0.25) is 0 Å². The highest BCUT2D eigenvalue weighted by Crippen LogP contribution is 2.45. The number of rotatable bonds is 39. The quantitative estimate of drug-likeness (QED) is 0.0169. The third-order valence-corrected chi connectivity index (χ3v) is 9.90. The van der Waals surface area contributed by atoms with E-state index in [9.17, 15) is 43.8 Å². The minimum Gasteiger partial charge on any atom is -0.463 e. The van der Waals surface area contributed by atoms with E-state index >= 15 is 0 Å². The van der Waals surface area contributed by atoms with E-state index in [4.69, 9.17) is 9.47 Å². The fourth-order valence-electron chi connectivity index (χ4n) is 4.75. The zero-order chi connectivity index (χ0) is 44.6. The van der Waals surface area contributed by atoms with Gasteiger partial charge in [-0.3, -0.25) is 27.7 Å². The molecule has 0 aromatic heterocycles. The van der Waals surface area contributed by atoms with Crippen LogP contribution < -0.4 is 0 Å². The minimum atomic E-state index is -4.79. The number of hydrogen-bond acceptors (Lipinski definition) is 13. The molecule has 344 valence electrons. The average molecular weight is 891 g/mol. The topological polar surface area (TPSA) is 225 Å². The molecule has 0 amide bonds. The average Bonchev–Trinajstić information content (AvgIpc) is 3.22. The Kier molecular flexibility index (Phi) is 37.3. The van der Waals surface area contributed by atoms with Gasteiger partial charge >= 0.3 is 27.6 Å². The maximum absolute atomic E-state index is 12.1. The molecular formula is C43H72O15P2. The molecule has 0 aliphatic carbocycles. The summed E-state index contributed by atoms with van der Waals surface area (Å²) in [5.41, 5.74) is 0. The number of esters is 2. The smallest absolute Gasteiger partial charge is 0.463 e. The van der Waals surface area contributed by atoms with Gasteiger partial charge in [-0.15, -0.1) is 0 Å². The van der Waals surface area contributed by atoms with Crippen LogP contribution in [-0.4, -0.2) is 95.0 Å². The number of phosphoric acid groups is 2. The van der Waals surface area contributed by atoms with Crippen molar-refractivity contribution < 1.29 is 71.4 Å². The van der Waals surface area contributed by atoms with Crippen LogP contribution in [0.3, 0.4) is 0 Å². The molecule has 0 fully saturated rings. The second-order valence-corrected chi connectivity index (χ2v) is 16.7. The summed E-state index contributed by atoms with van der Waals surface area (Å²) in [6.07, 6.45) is 37.3. The summed E-state index contributed by atoms with van der Waals surface area (Å²) in [7, 11) is -9.59. The van der Waals surface area contributed by atoms with Crippen molar-refractivity contribution in [2.75, 3.05) is 39.6 Å². The Balaban J connectivity index is 3.99. The highest BCUT2D eigenvalue weighted by atomic mass is 31.2. The third kappa shape index (κ3) is 40.6. The number of aliphatic hydroxyl groups excluding tert-OH is 3. The van der Waals surface area contributed by atoms with E-state index in [1.165, 1.54) is 0 Å². The fraction of sp³-hybridized carbons (Fsp3) is 0.628. The monoisotopic (exact) mass is 890 g/mol. The van der Waals surface area contributed by atoms with Gasteiger partial charge in [0, 0.05) is 12.8 Å². The summed E-state index contributed by atoms with van der Waals surface area (Å²) >= 11 is 0. The molecule has 5 unspecified atom stereocenters. The van der Waals surface area contributed by atoms with Gasteiger partial charge in [-0.1, -0.05) is 137 Å². The maximum Gasteiger partial charge on any atom is 0.472 e. The van der Waals surface area contributed by atoms with E-state index in [-0.39, 0.29) is 12.8 Å². The Bertz CT molecular complexity index is 1410. The second kappa shape index (κ2) is 39.1. The lowest BCUT2D eigenvalue weighted by atomic mass is 10.1. The lowest BCUT2D eigenvalue weighted by molar-refractivity contribution is -0.148. The number of carbonyl (C=O) groups is 2. The molecule has 0 spiro atoms. The van der Waals surface area contributed by atoms with Gasteiger partial charge < -0.3 is 34.6 Å². The second-order valence-electron chi connectivity index (χ2n) is 13.7. The van der Waals surface area contributed by atoms with Crippen molar-refractivity contribution in [2.45, 2.75) is 135 Å². The lowest BCUT2D eigenvalue weighted by Crippen LogP contribution is -2.25. The van der Waals surface area contributed by atoms with Crippen molar-refractivity contribution in [3.05, 3.63) is 85.1 Å². The van der Waals surface area contributed by atoms with Crippen LogP contribution in [0, 0.1) is 0 Å². The minimum absolute atomic E-state index is 0.146. The van der Waals surface area contributed by atoms with Crippen molar-refractivity contribution in [3.63, 3.8) is 0 Å². The van der Waals surface area contributed by atoms with Gasteiger partial charge in [0.1, 0.15) is 31.5 Å². The number of ether oxygens (including phenoxy) is 2. The molecular weight excluding hydrogens is 818 g/mol. The molecule has 5 atom stereocenters. The number of aliphatic hydroxyl groups is 3. The number of phosphoric ester groups is 2. The Hall–Kier alpha value is -2.78. The zero-order valence-electron chi connectivity index (χ0n) is 35.6. The zero-order valence-corrected chi connectivity index (χ0v) is 37.4. The molecule has 0 radical (unpaired) electrons. The molecule has 5 N–H and O–H groups in total. The molecule has 17 heteroatoms. The van der Waals surface area contributed by atoms with E-state index in [2.05, 4.69) is 56.2 Å². The summed E-state index contributed by atoms with van der Waals surface area (Å²) in [4.78, 5) is 43.6. The van der Waals surface area contributed by atoms with E-state index in [0.29, 0.717) is 12.8 Å². The third-order valence-electron chi connectivity index (χ3n) is 8.00. The summed E-state index contributed by atoms with van der Waals surface area (Å²) in [5, 5.41) is 29.9. The van der Waals surface area contributed by atoms with Crippen molar-refractivity contribution in [1.82, 2.24) is 0 Å². The van der Waals surface area contributed by atoms with Crippen LogP contribution >= 0.6 is 15.6 Å². The van der Waals surface area contributed by atoms with E-state index in [1.807, 2.05) is 60.8 Å².